The number of hydrogen-bond acceptors (Lipinski definition) is 6. The monoisotopic (exact) mass is 596 g/mol. The maximum atomic E-state index is 13.8. The van der Waals surface area contributed by atoms with Crippen LogP contribution in [0.4, 0.5) is 0 Å². The number of carbonyl (C=O) groups is 2. The predicted octanol–water partition coefficient (Wildman–Crippen LogP) is 6.00. The molecule has 0 aliphatic rings. The Labute approximate surface area is 259 Å². The van der Waals surface area contributed by atoms with E-state index in [0.717, 1.165) is 11.1 Å². The molecule has 2 amide bonds. The zero-order valence-electron chi connectivity index (χ0n) is 25.7. The fraction of sp³-hybridized carbons (Fsp3) is 0.278. The van der Waals surface area contributed by atoms with Crippen LogP contribution in [-0.4, -0.2) is 61.1 Å². The van der Waals surface area contributed by atoms with Crippen LogP contribution in [0.3, 0.4) is 0 Å². The number of carbonyl (C=O) groups excluding carboxylic acids is 2. The lowest BCUT2D eigenvalue weighted by Gasteiger charge is -2.31. The van der Waals surface area contributed by atoms with Gasteiger partial charge in [0.1, 0.15) is 23.0 Å². The summed E-state index contributed by atoms with van der Waals surface area (Å²) in [4.78, 5) is 31.0. The van der Waals surface area contributed by atoms with Gasteiger partial charge in [-0.2, -0.15) is 0 Å². The molecule has 0 aromatic heterocycles. The van der Waals surface area contributed by atoms with Crippen molar-refractivity contribution in [3.63, 3.8) is 0 Å². The standard InChI is InChI=1S/C36H40N2O6/c1-27(43-33-19-15-31(41-3)16-20-33)35(39)37(25-29-11-7-5-8-12-29)23-24-38(26-30-13-9-6-10-14-30)36(40)28(2)44-34-21-17-32(42-4)18-22-34/h5-22,27-28H,23-26H2,1-4H3. The molecule has 0 fully saturated rings. The third-order valence-corrected chi connectivity index (χ3v) is 7.14. The van der Waals surface area contributed by atoms with Crippen LogP contribution in [0.2, 0.25) is 0 Å². The zero-order valence-corrected chi connectivity index (χ0v) is 25.7. The van der Waals surface area contributed by atoms with E-state index in [-0.39, 0.29) is 11.8 Å². The third-order valence-electron chi connectivity index (χ3n) is 7.14. The largest absolute Gasteiger partial charge is 0.497 e. The molecule has 8 nitrogen and oxygen atoms in total. The van der Waals surface area contributed by atoms with Gasteiger partial charge in [-0.15, -0.1) is 0 Å². The van der Waals surface area contributed by atoms with Crippen LogP contribution in [0.25, 0.3) is 0 Å². The first-order valence-electron chi connectivity index (χ1n) is 14.6. The summed E-state index contributed by atoms with van der Waals surface area (Å²) in [5.74, 6) is 2.18. The molecule has 0 saturated carbocycles. The van der Waals surface area contributed by atoms with Crippen LogP contribution in [0, 0.1) is 0 Å². The average Bonchev–Trinajstić information content (AvgIpc) is 3.06. The summed E-state index contributed by atoms with van der Waals surface area (Å²) in [6.45, 7) is 4.84. The van der Waals surface area contributed by atoms with Crippen molar-refractivity contribution in [2.45, 2.75) is 39.1 Å². The Morgan fingerprint density at radius 3 is 1.16 bits per heavy atom. The molecule has 2 atom stereocenters. The lowest BCUT2D eigenvalue weighted by molar-refractivity contribution is -0.142. The molecular formula is C36H40N2O6. The van der Waals surface area contributed by atoms with Crippen LogP contribution in [0.5, 0.6) is 23.0 Å². The quantitative estimate of drug-likeness (QED) is 0.168. The Morgan fingerprint density at radius 2 is 0.841 bits per heavy atom. The van der Waals surface area contributed by atoms with Crippen LogP contribution < -0.4 is 18.9 Å². The number of amides is 2. The molecular weight excluding hydrogens is 556 g/mol. The normalized spacial score (nSPS) is 12.0. The van der Waals surface area contributed by atoms with Gasteiger partial charge < -0.3 is 28.7 Å². The zero-order chi connectivity index (χ0) is 31.3. The summed E-state index contributed by atoms with van der Waals surface area (Å²) in [7, 11) is 3.20. The maximum Gasteiger partial charge on any atom is 0.263 e. The van der Waals surface area contributed by atoms with Gasteiger partial charge in [-0.1, -0.05) is 60.7 Å². The van der Waals surface area contributed by atoms with Gasteiger partial charge in [0.25, 0.3) is 11.8 Å². The highest BCUT2D eigenvalue weighted by atomic mass is 16.5. The average molecular weight is 597 g/mol. The smallest absolute Gasteiger partial charge is 0.263 e. The molecule has 0 N–H and O–H groups in total. The molecule has 0 bridgehead atoms. The molecule has 0 spiro atoms. The first-order chi connectivity index (χ1) is 21.4. The maximum absolute atomic E-state index is 13.8. The molecule has 0 aliphatic heterocycles. The first kappa shape index (κ1) is 31.9. The van der Waals surface area contributed by atoms with Gasteiger partial charge in [-0.05, 0) is 73.5 Å². The van der Waals surface area contributed by atoms with E-state index in [9.17, 15) is 9.59 Å². The second-order valence-electron chi connectivity index (χ2n) is 10.4. The van der Waals surface area contributed by atoms with E-state index >= 15 is 0 Å². The SMILES string of the molecule is COc1ccc(OC(C)C(=O)N(CCN(Cc2ccccc2)C(=O)C(C)Oc2ccc(OC)cc2)Cc2ccccc2)cc1. The molecule has 44 heavy (non-hydrogen) atoms. The van der Waals surface area contributed by atoms with Crippen LogP contribution in [0.1, 0.15) is 25.0 Å². The topological polar surface area (TPSA) is 77.5 Å². The van der Waals surface area contributed by atoms with Crippen LogP contribution >= 0.6 is 0 Å². The highest BCUT2D eigenvalue weighted by molar-refractivity contribution is 5.82. The van der Waals surface area contributed by atoms with Gasteiger partial charge >= 0.3 is 0 Å². The van der Waals surface area contributed by atoms with Gasteiger partial charge in [-0.25, -0.2) is 0 Å². The summed E-state index contributed by atoms with van der Waals surface area (Å²) in [6, 6.07) is 33.8. The number of nitrogens with zero attached hydrogens (tertiary/aromatic N) is 2. The Kier molecular flexibility index (Phi) is 11.6. The number of hydrogen-bond donors (Lipinski definition) is 0. The number of rotatable bonds is 15. The van der Waals surface area contributed by atoms with E-state index in [0.29, 0.717) is 49.2 Å². The molecule has 8 heteroatoms. The minimum absolute atomic E-state index is 0.181. The van der Waals surface area contributed by atoms with Crippen molar-refractivity contribution >= 4 is 11.8 Å². The summed E-state index contributed by atoms with van der Waals surface area (Å²) in [5, 5.41) is 0. The van der Waals surface area contributed by atoms with Crippen molar-refractivity contribution in [2.24, 2.45) is 0 Å². The second kappa shape index (κ2) is 16.0. The molecule has 0 aliphatic carbocycles. The van der Waals surface area contributed by atoms with E-state index < -0.39 is 12.2 Å². The van der Waals surface area contributed by atoms with E-state index in [1.807, 2.05) is 60.7 Å². The van der Waals surface area contributed by atoms with Gasteiger partial charge in [0.15, 0.2) is 12.2 Å². The molecule has 0 radical (unpaired) electrons. The highest BCUT2D eigenvalue weighted by Gasteiger charge is 2.27. The van der Waals surface area contributed by atoms with Crippen molar-refractivity contribution in [1.82, 2.24) is 9.80 Å². The molecule has 4 rings (SSSR count). The van der Waals surface area contributed by atoms with E-state index in [1.165, 1.54) is 0 Å². The Morgan fingerprint density at radius 1 is 0.523 bits per heavy atom. The fourth-order valence-corrected chi connectivity index (χ4v) is 4.72. The van der Waals surface area contributed by atoms with Gasteiger partial charge in [0.2, 0.25) is 0 Å². The molecule has 230 valence electrons. The van der Waals surface area contributed by atoms with Gasteiger partial charge in [0, 0.05) is 26.2 Å². The van der Waals surface area contributed by atoms with Crippen molar-refractivity contribution < 1.29 is 28.5 Å². The highest BCUT2D eigenvalue weighted by Crippen LogP contribution is 2.21. The lowest BCUT2D eigenvalue weighted by Crippen LogP contribution is -2.47. The molecule has 4 aromatic carbocycles. The lowest BCUT2D eigenvalue weighted by atomic mass is 10.2. The number of ether oxygens (including phenoxy) is 4. The van der Waals surface area contributed by atoms with Crippen molar-refractivity contribution in [3.05, 3.63) is 120 Å². The van der Waals surface area contributed by atoms with Crippen molar-refractivity contribution in [2.75, 3.05) is 27.3 Å². The Bertz CT molecular complexity index is 1330. The summed E-state index contributed by atoms with van der Waals surface area (Å²) in [5.41, 5.74) is 1.96. The minimum Gasteiger partial charge on any atom is -0.497 e. The number of benzene rings is 4. The first-order valence-corrected chi connectivity index (χ1v) is 14.6. The van der Waals surface area contributed by atoms with Gasteiger partial charge in [0.05, 0.1) is 14.2 Å². The molecule has 0 heterocycles. The predicted molar refractivity (Wildman–Crippen MR) is 170 cm³/mol. The van der Waals surface area contributed by atoms with Crippen molar-refractivity contribution in [3.8, 4) is 23.0 Å². The Balaban J connectivity index is 1.51. The number of methoxy groups -OCH3 is 2. The fourth-order valence-electron chi connectivity index (χ4n) is 4.72. The molecule has 2 unspecified atom stereocenters. The Hall–Kier alpha value is -4.98. The van der Waals surface area contributed by atoms with Crippen LogP contribution in [-0.2, 0) is 22.7 Å². The van der Waals surface area contributed by atoms with E-state index in [2.05, 4.69) is 0 Å². The van der Waals surface area contributed by atoms with E-state index in [4.69, 9.17) is 18.9 Å². The van der Waals surface area contributed by atoms with Gasteiger partial charge in [-0.3, -0.25) is 9.59 Å². The third kappa shape index (κ3) is 9.26. The summed E-state index contributed by atoms with van der Waals surface area (Å²) in [6.07, 6.45) is -1.49. The molecule has 0 saturated heterocycles. The van der Waals surface area contributed by atoms with Crippen LogP contribution in [0.15, 0.2) is 109 Å². The second-order valence-corrected chi connectivity index (χ2v) is 10.4. The molecule has 4 aromatic rings. The van der Waals surface area contributed by atoms with E-state index in [1.54, 1.807) is 86.4 Å². The minimum atomic E-state index is -0.747. The summed E-state index contributed by atoms with van der Waals surface area (Å²) >= 11 is 0. The van der Waals surface area contributed by atoms with Crippen molar-refractivity contribution in [1.29, 1.82) is 0 Å². The summed E-state index contributed by atoms with van der Waals surface area (Å²) < 4.78 is 22.5.